The zero-order valence-electron chi connectivity index (χ0n) is 14.1. The summed E-state index contributed by atoms with van der Waals surface area (Å²) >= 11 is 0. The molecule has 3 aliphatic heterocycles. The predicted octanol–water partition coefficient (Wildman–Crippen LogP) is 1.53. The summed E-state index contributed by atoms with van der Waals surface area (Å²) in [6.45, 7) is 6.14. The molecule has 24 heavy (non-hydrogen) atoms. The maximum atomic E-state index is 12.3. The van der Waals surface area contributed by atoms with Crippen molar-refractivity contribution in [3.63, 3.8) is 0 Å². The third-order valence-corrected chi connectivity index (χ3v) is 4.97. The van der Waals surface area contributed by atoms with E-state index in [2.05, 4.69) is 25.2 Å². The van der Waals surface area contributed by atoms with Crippen molar-refractivity contribution >= 4 is 23.6 Å². The zero-order chi connectivity index (χ0) is 17.2. The van der Waals surface area contributed by atoms with Crippen LogP contribution in [-0.2, 0) is 4.79 Å². The van der Waals surface area contributed by atoms with Gasteiger partial charge in [-0.25, -0.2) is 9.79 Å². The van der Waals surface area contributed by atoms with Gasteiger partial charge in [-0.05, 0) is 38.0 Å². The Morgan fingerprint density at radius 2 is 1.92 bits per heavy atom. The van der Waals surface area contributed by atoms with Crippen molar-refractivity contribution in [2.24, 2.45) is 4.99 Å². The molecule has 2 atom stereocenters. The van der Waals surface area contributed by atoms with Crippen molar-refractivity contribution in [2.75, 3.05) is 11.9 Å². The van der Waals surface area contributed by atoms with E-state index < -0.39 is 18.2 Å². The van der Waals surface area contributed by atoms with Crippen LogP contribution in [0.3, 0.4) is 0 Å². The van der Waals surface area contributed by atoms with Crippen molar-refractivity contribution in [3.8, 4) is 0 Å². The Hall–Kier alpha value is -2.83. The largest absolute Gasteiger partial charge is 0.325 e. The zero-order valence-corrected chi connectivity index (χ0v) is 14.1. The maximum absolute atomic E-state index is 12.3. The average Bonchev–Trinajstić information content (AvgIpc) is 3.03. The van der Waals surface area contributed by atoms with Crippen molar-refractivity contribution < 1.29 is 9.59 Å². The van der Waals surface area contributed by atoms with Crippen LogP contribution in [0.2, 0.25) is 0 Å². The van der Waals surface area contributed by atoms with Crippen LogP contribution in [0.1, 0.15) is 18.1 Å². The van der Waals surface area contributed by atoms with Crippen LogP contribution in [0.4, 0.5) is 10.5 Å². The topological polar surface area (TPSA) is 68.2 Å². The Labute approximate surface area is 140 Å². The minimum absolute atomic E-state index is 0.311. The molecule has 3 heterocycles. The molecule has 3 aliphatic rings. The number of amides is 3. The van der Waals surface area contributed by atoms with Gasteiger partial charge in [0.25, 0.3) is 5.91 Å². The molecule has 0 spiro atoms. The van der Waals surface area contributed by atoms with Crippen molar-refractivity contribution in [2.45, 2.75) is 33.0 Å². The number of guanidine groups is 1. The number of hydrogen-bond donors (Lipinski definition) is 1. The van der Waals surface area contributed by atoms with Crippen LogP contribution in [0, 0.1) is 13.8 Å². The number of carbonyl (C=O) groups is 2. The van der Waals surface area contributed by atoms with Gasteiger partial charge < -0.3 is 9.80 Å². The van der Waals surface area contributed by atoms with Gasteiger partial charge in [-0.2, -0.15) is 0 Å². The molecule has 1 aromatic carbocycles. The lowest BCUT2D eigenvalue weighted by molar-refractivity contribution is -0.126. The fourth-order valence-electron chi connectivity index (χ4n) is 3.47. The van der Waals surface area contributed by atoms with Gasteiger partial charge in [-0.1, -0.05) is 12.1 Å². The van der Waals surface area contributed by atoms with Gasteiger partial charge in [-0.15, -0.1) is 0 Å². The molecule has 7 nitrogen and oxygen atoms in total. The van der Waals surface area contributed by atoms with Gasteiger partial charge >= 0.3 is 6.03 Å². The number of nitrogens with zero attached hydrogens (tertiary/aromatic N) is 4. The second-order valence-corrected chi connectivity index (χ2v) is 6.43. The van der Waals surface area contributed by atoms with Gasteiger partial charge in [-0.3, -0.25) is 15.0 Å². The predicted molar refractivity (Wildman–Crippen MR) is 90.3 cm³/mol. The second kappa shape index (κ2) is 4.83. The third kappa shape index (κ3) is 1.81. The number of benzene rings is 1. The number of anilines is 1. The molecule has 0 aliphatic carbocycles. The van der Waals surface area contributed by atoms with E-state index in [4.69, 9.17) is 4.99 Å². The number of nitrogens with one attached hydrogen (secondary N) is 1. The number of allylic oxidation sites excluding steroid dienone is 1. The highest BCUT2D eigenvalue weighted by Gasteiger charge is 2.51. The van der Waals surface area contributed by atoms with Gasteiger partial charge in [0.15, 0.2) is 12.2 Å². The van der Waals surface area contributed by atoms with Gasteiger partial charge in [0.05, 0.1) is 5.69 Å². The Morgan fingerprint density at radius 3 is 2.67 bits per heavy atom. The fourth-order valence-corrected chi connectivity index (χ4v) is 3.47. The average molecular weight is 325 g/mol. The Kier molecular flexibility index (Phi) is 2.97. The summed E-state index contributed by atoms with van der Waals surface area (Å²) in [5.41, 5.74) is 4.39. The van der Waals surface area contributed by atoms with Crippen molar-refractivity contribution in [1.29, 1.82) is 0 Å². The molecule has 1 aromatic rings. The SMILES string of the molecule is CC1=CN2C(=NC3C2C(=O)NC(=O)N3C)N1c1cccc(C)c1C. The fraction of sp³-hybridized carbons (Fsp3) is 0.353. The van der Waals surface area contributed by atoms with E-state index in [0.29, 0.717) is 5.96 Å². The summed E-state index contributed by atoms with van der Waals surface area (Å²) in [5.74, 6) is 0.376. The van der Waals surface area contributed by atoms with Crippen LogP contribution in [-0.4, -0.2) is 47.0 Å². The summed E-state index contributed by atoms with van der Waals surface area (Å²) in [6, 6.07) is 5.20. The van der Waals surface area contributed by atoms with Crippen LogP contribution < -0.4 is 10.2 Å². The summed E-state index contributed by atoms with van der Waals surface area (Å²) in [5, 5.41) is 2.39. The molecule has 2 unspecified atom stereocenters. The quantitative estimate of drug-likeness (QED) is 0.850. The first kappa shape index (κ1) is 14.7. The number of fused-ring (bicyclic) bond motifs is 3. The molecule has 3 amide bonds. The highest BCUT2D eigenvalue weighted by atomic mass is 16.2. The Balaban J connectivity index is 1.80. The normalized spacial score (nSPS) is 25.4. The molecule has 124 valence electrons. The third-order valence-electron chi connectivity index (χ3n) is 4.97. The number of imide groups is 1. The van der Waals surface area contributed by atoms with Gasteiger partial charge in [0.2, 0.25) is 5.96 Å². The molecule has 1 N–H and O–H groups in total. The molecule has 0 aromatic heterocycles. The molecule has 1 fully saturated rings. The molecule has 0 saturated carbocycles. The first-order chi connectivity index (χ1) is 11.4. The number of hydrogen-bond acceptors (Lipinski definition) is 5. The lowest BCUT2D eigenvalue weighted by atomic mass is 10.1. The minimum atomic E-state index is -0.521. The monoisotopic (exact) mass is 325 g/mol. The molecule has 1 saturated heterocycles. The summed E-state index contributed by atoms with van der Waals surface area (Å²) in [7, 11) is 1.66. The van der Waals surface area contributed by atoms with E-state index >= 15 is 0 Å². The van der Waals surface area contributed by atoms with Crippen LogP contribution in [0.15, 0.2) is 35.1 Å². The van der Waals surface area contributed by atoms with Crippen LogP contribution in [0.5, 0.6) is 0 Å². The smallest absolute Gasteiger partial charge is 0.303 e. The molecule has 7 heteroatoms. The van der Waals surface area contributed by atoms with Crippen molar-refractivity contribution in [1.82, 2.24) is 15.1 Å². The van der Waals surface area contributed by atoms with E-state index in [0.717, 1.165) is 11.4 Å². The molecule has 4 rings (SSSR count). The minimum Gasteiger partial charge on any atom is -0.303 e. The lowest BCUT2D eigenvalue weighted by Gasteiger charge is -2.34. The lowest BCUT2D eigenvalue weighted by Crippen LogP contribution is -2.62. The highest BCUT2D eigenvalue weighted by Crippen LogP contribution is 2.36. The Bertz CT molecular complexity index is 828. The second-order valence-electron chi connectivity index (χ2n) is 6.43. The number of rotatable bonds is 1. The summed E-state index contributed by atoms with van der Waals surface area (Å²) in [4.78, 5) is 34.3. The van der Waals surface area contributed by atoms with E-state index in [1.807, 2.05) is 35.1 Å². The number of aryl methyl sites for hydroxylation is 1. The van der Waals surface area contributed by atoms with Crippen LogP contribution in [0.25, 0.3) is 0 Å². The first-order valence-electron chi connectivity index (χ1n) is 7.88. The summed E-state index contributed by atoms with van der Waals surface area (Å²) < 4.78 is 0. The molecular weight excluding hydrogens is 306 g/mol. The Morgan fingerprint density at radius 1 is 1.17 bits per heavy atom. The molecule has 0 bridgehead atoms. The highest BCUT2D eigenvalue weighted by molar-refractivity contribution is 6.10. The first-order valence-corrected chi connectivity index (χ1v) is 7.88. The van der Waals surface area contributed by atoms with E-state index in [-0.39, 0.29) is 5.91 Å². The van der Waals surface area contributed by atoms with Gasteiger partial charge in [0, 0.05) is 18.9 Å². The van der Waals surface area contributed by atoms with E-state index in [1.165, 1.54) is 16.0 Å². The summed E-state index contributed by atoms with van der Waals surface area (Å²) in [6.07, 6.45) is 1.42. The number of likely N-dealkylation sites (N-methyl/N-ethyl adjacent to an activating group) is 1. The molecule has 0 radical (unpaired) electrons. The standard InChI is InChI=1S/C17H19N5O2/c1-9-6-5-7-12(11(9)3)22-10(2)8-21-13-14(18-16(21)22)20(4)17(24)19-15(13)23/h5-8,13-14H,1-4H3,(H,19,23,24). The van der Waals surface area contributed by atoms with Gasteiger partial charge in [0.1, 0.15) is 0 Å². The number of aliphatic imine (C=N–C) groups is 1. The molecular formula is C17H19N5O2. The number of carbonyl (C=O) groups excluding carboxylic acids is 2. The van der Waals surface area contributed by atoms with E-state index in [9.17, 15) is 9.59 Å². The van der Waals surface area contributed by atoms with Crippen molar-refractivity contribution in [3.05, 3.63) is 41.2 Å². The maximum Gasteiger partial charge on any atom is 0.325 e. The van der Waals surface area contributed by atoms with E-state index in [1.54, 1.807) is 7.05 Å². The van der Waals surface area contributed by atoms with Crippen LogP contribution >= 0.6 is 0 Å². The number of urea groups is 1.